The molecule has 0 aliphatic rings. The van der Waals surface area contributed by atoms with Crippen molar-refractivity contribution in [2.24, 2.45) is 5.73 Å². The maximum atomic E-state index is 11.6. The average molecular weight is 588 g/mol. The van der Waals surface area contributed by atoms with Crippen LogP contribution in [0.5, 0.6) is 0 Å². The molecule has 38 heavy (non-hydrogen) atoms. The van der Waals surface area contributed by atoms with Gasteiger partial charge >= 0.3 is 87.4 Å². The number of aliphatic hydroxyl groups excluding tert-OH is 2. The zero-order chi connectivity index (χ0) is 27.7. The van der Waals surface area contributed by atoms with Crippen molar-refractivity contribution in [3.05, 3.63) is 12.2 Å². The normalized spacial score (nSPS) is 11.4. The fourth-order valence-electron chi connectivity index (χ4n) is 2.95. The number of carbonyl (C=O) groups is 3. The van der Waals surface area contributed by atoms with Crippen LogP contribution in [0.2, 0.25) is 0 Å². The van der Waals surface area contributed by atoms with Crippen LogP contribution in [0.1, 0.15) is 103 Å². The summed E-state index contributed by atoms with van der Waals surface area (Å²) in [5.74, 6) is -2.97. The molecule has 0 spiro atoms. The van der Waals surface area contributed by atoms with Gasteiger partial charge in [0.05, 0.1) is 25.6 Å². The van der Waals surface area contributed by atoms with E-state index in [0.29, 0.717) is 19.4 Å². The van der Waals surface area contributed by atoms with E-state index in [2.05, 4.69) is 21.9 Å². The van der Waals surface area contributed by atoms with E-state index < -0.39 is 41.1 Å². The molecule has 0 radical (unpaired) electrons. The number of carbonyl (C=O) groups excluding carboxylic acids is 3. The molecule has 0 aromatic heterocycles. The van der Waals surface area contributed by atoms with Crippen molar-refractivity contribution in [2.45, 2.75) is 109 Å². The van der Waals surface area contributed by atoms with E-state index in [1.54, 1.807) is 0 Å². The minimum absolute atomic E-state index is 0. The Kier molecular flexibility index (Phi) is 37.6. The quantitative estimate of drug-likeness (QED) is 0.0406. The molecule has 0 aromatic rings. The summed E-state index contributed by atoms with van der Waals surface area (Å²) in [5.41, 5.74) is 4.78. The van der Waals surface area contributed by atoms with Gasteiger partial charge in [0, 0.05) is 13.0 Å². The van der Waals surface area contributed by atoms with Crippen molar-refractivity contribution in [1.29, 1.82) is 0 Å². The molecule has 0 aliphatic carbocycles. The van der Waals surface area contributed by atoms with E-state index in [0.717, 1.165) is 44.9 Å². The van der Waals surface area contributed by atoms with Gasteiger partial charge in [0.1, 0.15) is 0 Å². The molecule has 0 saturated heterocycles. The molecule has 0 saturated carbocycles. The predicted octanol–water partition coefficient (Wildman–Crippen LogP) is 1.83. The molecule has 0 fully saturated rings. The minimum atomic E-state index is -4.91. The third-order valence-electron chi connectivity index (χ3n) is 4.81. The van der Waals surface area contributed by atoms with Gasteiger partial charge in [0.2, 0.25) is 0 Å². The Balaban J connectivity index is -0.000000893. The monoisotopic (exact) mass is 587 g/mol. The first-order valence-corrected chi connectivity index (χ1v) is 14.0. The van der Waals surface area contributed by atoms with Gasteiger partial charge in [-0.1, -0.05) is 64.0 Å². The molecular weight excluding hydrogens is 540 g/mol. The van der Waals surface area contributed by atoms with Crippen LogP contribution in [0.3, 0.4) is 0 Å². The number of rotatable bonds is 20. The van der Waals surface area contributed by atoms with Crippen LogP contribution >= 0.6 is 0 Å². The summed E-state index contributed by atoms with van der Waals surface area (Å²) >= 11 is 0. The van der Waals surface area contributed by atoms with Gasteiger partial charge in [0.15, 0.2) is 0 Å². The van der Waals surface area contributed by atoms with Crippen molar-refractivity contribution >= 4 is 87.4 Å². The second kappa shape index (κ2) is 31.7. The van der Waals surface area contributed by atoms with Crippen molar-refractivity contribution in [3.8, 4) is 0 Å². The number of hydrogen-bond acceptors (Lipinski definition) is 10. The number of unbranched alkanes of at least 4 members (excludes halogenated alkanes) is 8. The van der Waals surface area contributed by atoms with Crippen LogP contribution < -0.4 is 5.73 Å². The Morgan fingerprint density at radius 3 is 1.95 bits per heavy atom. The van der Waals surface area contributed by atoms with E-state index in [9.17, 15) is 27.9 Å². The van der Waals surface area contributed by atoms with Gasteiger partial charge in [0.25, 0.3) is 0 Å². The number of hydrogen-bond donors (Lipinski definition) is 4. The van der Waals surface area contributed by atoms with Crippen molar-refractivity contribution in [2.75, 3.05) is 13.2 Å². The van der Waals surface area contributed by atoms with Crippen LogP contribution in [-0.4, -0.2) is 119 Å². The van der Waals surface area contributed by atoms with Crippen LogP contribution in [-0.2, 0) is 33.7 Å². The number of allylic oxidation sites excluding steroid dienone is 1. The molecule has 0 unspecified atom stereocenters. The summed E-state index contributed by atoms with van der Waals surface area (Å²) in [6, 6.07) is 0. The summed E-state index contributed by atoms with van der Waals surface area (Å²) in [4.78, 5) is 34.0. The Labute approximate surface area is 272 Å². The number of ether oxygens (including phenoxy) is 1. The first-order chi connectivity index (χ1) is 17.1. The molecule has 216 valence electrons. The van der Waals surface area contributed by atoms with Crippen molar-refractivity contribution < 1.29 is 46.5 Å². The van der Waals surface area contributed by atoms with Crippen LogP contribution in [0, 0.1) is 0 Å². The fourth-order valence-corrected chi connectivity index (χ4v) is 3.27. The summed E-state index contributed by atoms with van der Waals surface area (Å²) in [6.45, 7) is 2.64. The molecule has 1 atom stereocenters. The standard InChI is InChI=1S/C22H38O9S.C2H7NO.2Na.2H/c1-2-3-4-11-14-19(23)15-12-9-7-5-6-8-10-13-16-20(24)30-21(25)17-18-22(26)31-32(27,28)29;3-1-2-4;;;;/h9,12,19,23H,2-8,10-11,13-18H2,1H3,(H,27,28,29);4H,1-3H2;;;;/b12-9-;;;;;/t19-;;;;;/m1...../s1. The topological polar surface area (TPSA) is 191 Å². The Hall–Kier alpha value is 0.140. The SMILES string of the molecule is CCCCCC[C@@H](O)C/C=C\CCCCCCCC(=O)OC(=O)CCC(=O)OS(=O)(=O)O.NCCO.[NaH].[NaH]. The van der Waals surface area contributed by atoms with Crippen LogP contribution in [0.25, 0.3) is 0 Å². The average Bonchev–Trinajstić information content (AvgIpc) is 2.80. The van der Waals surface area contributed by atoms with Gasteiger partial charge in [-0.05, 0) is 32.1 Å². The van der Waals surface area contributed by atoms with E-state index in [4.69, 9.17) is 15.4 Å². The number of aliphatic hydroxyl groups is 2. The summed E-state index contributed by atoms with van der Waals surface area (Å²) < 4.78 is 37.1. The first-order valence-electron chi connectivity index (χ1n) is 12.6. The van der Waals surface area contributed by atoms with Gasteiger partial charge in [-0.15, -0.1) is 0 Å². The molecular formula is C24H47NNa2O10S. The first kappa shape index (κ1) is 45.1. The zero-order valence-electron chi connectivity index (χ0n) is 21.4. The second-order valence-corrected chi connectivity index (χ2v) is 9.28. The van der Waals surface area contributed by atoms with Gasteiger partial charge in [-0.25, -0.2) is 0 Å². The van der Waals surface area contributed by atoms with Crippen LogP contribution in [0.4, 0.5) is 0 Å². The van der Waals surface area contributed by atoms with Gasteiger partial charge in [-0.2, -0.15) is 8.42 Å². The van der Waals surface area contributed by atoms with E-state index in [1.807, 2.05) is 6.08 Å². The number of nitrogens with two attached hydrogens (primary N) is 1. The Morgan fingerprint density at radius 2 is 1.37 bits per heavy atom. The maximum absolute atomic E-state index is 11.6. The van der Waals surface area contributed by atoms with E-state index in [-0.39, 0.29) is 78.2 Å². The Bertz CT molecular complexity index is 719. The fraction of sp³-hybridized carbons (Fsp3) is 0.792. The predicted molar refractivity (Wildman–Crippen MR) is 149 cm³/mol. The van der Waals surface area contributed by atoms with Crippen LogP contribution in [0.15, 0.2) is 12.2 Å². The summed E-state index contributed by atoms with van der Waals surface area (Å²) in [7, 11) is -4.91. The molecule has 0 aliphatic heterocycles. The third kappa shape index (κ3) is 38.3. The van der Waals surface area contributed by atoms with E-state index >= 15 is 0 Å². The zero-order valence-corrected chi connectivity index (χ0v) is 22.3. The summed E-state index contributed by atoms with van der Waals surface area (Å²) in [5, 5.41) is 17.6. The van der Waals surface area contributed by atoms with Crippen molar-refractivity contribution in [3.63, 3.8) is 0 Å². The molecule has 0 heterocycles. The molecule has 0 amide bonds. The molecule has 11 nitrogen and oxygen atoms in total. The molecule has 0 aromatic carbocycles. The second-order valence-electron chi connectivity index (χ2n) is 8.26. The number of esters is 2. The van der Waals surface area contributed by atoms with Gasteiger partial charge < -0.3 is 24.9 Å². The van der Waals surface area contributed by atoms with Gasteiger partial charge in [-0.3, -0.25) is 18.9 Å². The molecule has 5 N–H and O–H groups in total. The molecule has 0 rings (SSSR count). The summed E-state index contributed by atoms with van der Waals surface area (Å²) in [6.07, 6.45) is 14.4. The van der Waals surface area contributed by atoms with E-state index in [1.165, 1.54) is 19.3 Å². The molecule has 14 heteroatoms. The third-order valence-corrected chi connectivity index (χ3v) is 5.20. The van der Waals surface area contributed by atoms with Crippen molar-refractivity contribution in [1.82, 2.24) is 0 Å². The Morgan fingerprint density at radius 1 is 0.842 bits per heavy atom. The molecule has 0 bridgehead atoms.